The molecule has 2 heterocycles. The molecule has 2 aromatic rings. The number of benzene rings is 2. The Bertz CT molecular complexity index is 1140. The van der Waals surface area contributed by atoms with E-state index in [2.05, 4.69) is 0 Å². The zero-order valence-electron chi connectivity index (χ0n) is 19.6. The first kappa shape index (κ1) is 23.1. The van der Waals surface area contributed by atoms with Crippen LogP contribution in [-0.2, 0) is 19.2 Å². The SMILES string of the molecule is CCOc1ccccc1N1C[C@H](C(=O)Oc2ccc(N3C(=O)[C@H]4CCCC[C@@H]4C3=O)cc2)CC1=O. The molecule has 3 fully saturated rings. The quantitative estimate of drug-likeness (QED) is 0.358. The van der Waals surface area contributed by atoms with Gasteiger partial charge in [-0.05, 0) is 56.2 Å². The fourth-order valence-electron chi connectivity index (χ4n) is 5.34. The number of ether oxygens (including phenoxy) is 2. The number of esters is 1. The van der Waals surface area contributed by atoms with Crippen molar-refractivity contribution >= 4 is 35.1 Å². The molecule has 1 saturated carbocycles. The van der Waals surface area contributed by atoms with Crippen LogP contribution in [0.3, 0.4) is 0 Å². The number of fused-ring (bicyclic) bond motifs is 1. The van der Waals surface area contributed by atoms with Crippen molar-refractivity contribution in [2.24, 2.45) is 17.8 Å². The number of imide groups is 1. The summed E-state index contributed by atoms with van der Waals surface area (Å²) in [4.78, 5) is 53.9. The summed E-state index contributed by atoms with van der Waals surface area (Å²) in [6.45, 7) is 2.55. The molecule has 0 spiro atoms. The number of nitrogens with zero attached hydrogens (tertiary/aromatic N) is 2. The second kappa shape index (κ2) is 9.52. The smallest absolute Gasteiger partial charge is 0.316 e. The molecule has 0 radical (unpaired) electrons. The monoisotopic (exact) mass is 476 g/mol. The largest absolute Gasteiger partial charge is 0.492 e. The van der Waals surface area contributed by atoms with Crippen LogP contribution < -0.4 is 19.3 Å². The number of rotatable bonds is 6. The van der Waals surface area contributed by atoms with Crippen LogP contribution in [0.25, 0.3) is 0 Å². The van der Waals surface area contributed by atoms with Crippen molar-refractivity contribution < 1.29 is 28.7 Å². The lowest BCUT2D eigenvalue weighted by atomic mass is 9.81. The minimum absolute atomic E-state index is 0.0525. The number of para-hydroxylation sites is 2. The lowest BCUT2D eigenvalue weighted by Crippen LogP contribution is -2.30. The maximum absolute atomic E-state index is 12.8. The molecule has 2 aromatic carbocycles. The third kappa shape index (κ3) is 4.29. The molecule has 2 aliphatic heterocycles. The highest BCUT2D eigenvalue weighted by Gasteiger charge is 2.48. The van der Waals surface area contributed by atoms with E-state index in [1.165, 1.54) is 4.90 Å². The molecule has 8 nitrogen and oxygen atoms in total. The third-order valence-corrected chi connectivity index (χ3v) is 7.07. The molecule has 0 N–H and O–H groups in total. The molecule has 5 rings (SSSR count). The van der Waals surface area contributed by atoms with Crippen molar-refractivity contribution in [1.82, 2.24) is 0 Å². The highest BCUT2D eigenvalue weighted by Crippen LogP contribution is 2.40. The minimum atomic E-state index is -0.610. The number of hydrogen-bond donors (Lipinski definition) is 0. The lowest BCUT2D eigenvalue weighted by molar-refractivity contribution is -0.139. The summed E-state index contributed by atoms with van der Waals surface area (Å²) < 4.78 is 11.2. The predicted octanol–water partition coefficient (Wildman–Crippen LogP) is 3.72. The second-order valence-corrected chi connectivity index (χ2v) is 9.23. The number of anilines is 2. The van der Waals surface area contributed by atoms with Crippen molar-refractivity contribution in [1.29, 1.82) is 0 Å². The predicted molar refractivity (Wildman–Crippen MR) is 128 cm³/mol. The average molecular weight is 477 g/mol. The Hall–Kier alpha value is -3.68. The zero-order chi connectivity index (χ0) is 24.5. The van der Waals surface area contributed by atoms with E-state index in [4.69, 9.17) is 9.47 Å². The average Bonchev–Trinajstić information content (AvgIpc) is 3.38. The molecule has 0 aromatic heterocycles. The first-order valence-corrected chi connectivity index (χ1v) is 12.2. The van der Waals surface area contributed by atoms with Crippen molar-refractivity contribution in [2.75, 3.05) is 23.0 Å². The summed E-state index contributed by atoms with van der Waals surface area (Å²) in [5.41, 5.74) is 1.13. The number of hydrogen-bond acceptors (Lipinski definition) is 6. The number of carbonyl (C=O) groups is 4. The summed E-state index contributed by atoms with van der Waals surface area (Å²) in [5, 5.41) is 0. The highest BCUT2D eigenvalue weighted by atomic mass is 16.5. The van der Waals surface area contributed by atoms with E-state index in [1.54, 1.807) is 41.3 Å². The van der Waals surface area contributed by atoms with E-state index >= 15 is 0 Å². The second-order valence-electron chi connectivity index (χ2n) is 9.23. The summed E-state index contributed by atoms with van der Waals surface area (Å²) in [5.74, 6) is -1.09. The highest BCUT2D eigenvalue weighted by molar-refractivity contribution is 6.22. The van der Waals surface area contributed by atoms with Crippen LogP contribution in [0.1, 0.15) is 39.0 Å². The van der Waals surface area contributed by atoms with E-state index in [1.807, 2.05) is 19.1 Å². The first-order chi connectivity index (χ1) is 17.0. The van der Waals surface area contributed by atoms with E-state index in [0.29, 0.717) is 29.5 Å². The fourth-order valence-corrected chi connectivity index (χ4v) is 5.34. The van der Waals surface area contributed by atoms with Gasteiger partial charge in [0.25, 0.3) is 0 Å². The topological polar surface area (TPSA) is 93.2 Å². The number of amides is 3. The summed E-state index contributed by atoms with van der Waals surface area (Å²) in [6, 6.07) is 13.7. The molecule has 3 atom stereocenters. The van der Waals surface area contributed by atoms with E-state index in [-0.39, 0.29) is 42.5 Å². The molecule has 182 valence electrons. The summed E-state index contributed by atoms with van der Waals surface area (Å²) in [7, 11) is 0. The molecule has 2 saturated heterocycles. The Kier molecular flexibility index (Phi) is 6.28. The molecular weight excluding hydrogens is 448 g/mol. The van der Waals surface area contributed by atoms with E-state index in [0.717, 1.165) is 25.7 Å². The van der Waals surface area contributed by atoms with Gasteiger partial charge in [0.2, 0.25) is 17.7 Å². The van der Waals surface area contributed by atoms with Gasteiger partial charge < -0.3 is 14.4 Å². The van der Waals surface area contributed by atoms with Gasteiger partial charge in [-0.3, -0.25) is 24.1 Å². The minimum Gasteiger partial charge on any atom is -0.492 e. The Morgan fingerprint density at radius 3 is 2.26 bits per heavy atom. The van der Waals surface area contributed by atoms with Crippen LogP contribution in [-0.4, -0.2) is 36.8 Å². The van der Waals surface area contributed by atoms with Crippen molar-refractivity contribution in [2.45, 2.75) is 39.0 Å². The normalized spacial score (nSPS) is 24.0. The standard InChI is InChI=1S/C27H28N2O6/c1-2-34-23-10-6-5-9-22(23)28-16-17(15-24(28)30)27(33)35-19-13-11-18(12-14-19)29-25(31)20-7-3-4-8-21(20)26(29)32/h5-6,9-14,17,20-21H,2-4,7-8,15-16H2,1H3/t17-,20+,21+/m1/s1. The van der Waals surface area contributed by atoms with Gasteiger partial charge in [-0.25, -0.2) is 0 Å². The van der Waals surface area contributed by atoms with Gasteiger partial charge in [-0.15, -0.1) is 0 Å². The van der Waals surface area contributed by atoms with Gasteiger partial charge in [0.15, 0.2) is 0 Å². The number of carbonyl (C=O) groups excluding carboxylic acids is 4. The molecule has 0 unspecified atom stereocenters. The van der Waals surface area contributed by atoms with E-state index < -0.39 is 11.9 Å². The molecule has 8 heteroatoms. The van der Waals surface area contributed by atoms with Crippen molar-refractivity contribution in [3.63, 3.8) is 0 Å². The van der Waals surface area contributed by atoms with Crippen LogP contribution in [0.5, 0.6) is 11.5 Å². The van der Waals surface area contributed by atoms with Gasteiger partial charge in [0.05, 0.1) is 35.7 Å². The Labute approximate surface area is 203 Å². The maximum Gasteiger partial charge on any atom is 0.316 e. The third-order valence-electron chi connectivity index (χ3n) is 7.07. The Balaban J connectivity index is 1.24. The van der Waals surface area contributed by atoms with Crippen LogP contribution in [0, 0.1) is 17.8 Å². The summed E-state index contributed by atoms with van der Waals surface area (Å²) in [6.07, 6.45) is 3.51. The van der Waals surface area contributed by atoms with Crippen molar-refractivity contribution in [3.05, 3.63) is 48.5 Å². The molecule has 1 aliphatic carbocycles. The lowest BCUT2D eigenvalue weighted by Gasteiger charge is -2.20. The van der Waals surface area contributed by atoms with Crippen molar-refractivity contribution in [3.8, 4) is 11.5 Å². The maximum atomic E-state index is 12.8. The Morgan fingerprint density at radius 2 is 1.60 bits per heavy atom. The van der Waals surface area contributed by atoms with Gasteiger partial charge >= 0.3 is 5.97 Å². The van der Waals surface area contributed by atoms with Gasteiger partial charge in [0.1, 0.15) is 11.5 Å². The van der Waals surface area contributed by atoms with Gasteiger partial charge in [-0.1, -0.05) is 25.0 Å². The Morgan fingerprint density at radius 1 is 0.943 bits per heavy atom. The van der Waals surface area contributed by atoms with Gasteiger partial charge in [0, 0.05) is 13.0 Å². The van der Waals surface area contributed by atoms with Crippen LogP contribution >= 0.6 is 0 Å². The van der Waals surface area contributed by atoms with Gasteiger partial charge in [-0.2, -0.15) is 0 Å². The van der Waals surface area contributed by atoms with Crippen LogP contribution in [0.4, 0.5) is 11.4 Å². The first-order valence-electron chi connectivity index (χ1n) is 12.2. The summed E-state index contributed by atoms with van der Waals surface area (Å²) >= 11 is 0. The molecular formula is C27H28N2O6. The molecule has 3 amide bonds. The van der Waals surface area contributed by atoms with Crippen LogP contribution in [0.15, 0.2) is 48.5 Å². The fraction of sp³-hybridized carbons (Fsp3) is 0.407. The van der Waals surface area contributed by atoms with Crippen LogP contribution in [0.2, 0.25) is 0 Å². The zero-order valence-corrected chi connectivity index (χ0v) is 19.6. The molecule has 0 bridgehead atoms. The molecule has 35 heavy (non-hydrogen) atoms. The van der Waals surface area contributed by atoms with E-state index in [9.17, 15) is 19.2 Å². The molecule has 3 aliphatic rings.